The van der Waals surface area contributed by atoms with Crippen molar-refractivity contribution in [2.24, 2.45) is 0 Å². The minimum Gasteiger partial charge on any atom is -0.493 e. The summed E-state index contributed by atoms with van der Waals surface area (Å²) in [5.74, 6) is 1.43. The van der Waals surface area contributed by atoms with E-state index in [0.29, 0.717) is 11.0 Å². The van der Waals surface area contributed by atoms with Crippen molar-refractivity contribution in [1.82, 2.24) is 9.78 Å². The third-order valence-corrected chi connectivity index (χ3v) is 4.51. The summed E-state index contributed by atoms with van der Waals surface area (Å²) in [6.45, 7) is 5.07. The zero-order chi connectivity index (χ0) is 12.5. The molecule has 2 atom stereocenters. The molecule has 0 radical (unpaired) electrons. The molecule has 1 saturated heterocycles. The molecule has 1 N–H and O–H groups in total. The maximum absolute atomic E-state index is 10.8. The summed E-state index contributed by atoms with van der Waals surface area (Å²) < 4.78 is 7.22. The van der Waals surface area contributed by atoms with Gasteiger partial charge in [0, 0.05) is 17.5 Å². The van der Waals surface area contributed by atoms with Crippen LogP contribution in [-0.2, 0) is 12.1 Å². The van der Waals surface area contributed by atoms with Crippen LogP contribution in [0.25, 0.3) is 0 Å². The van der Waals surface area contributed by atoms with Gasteiger partial charge in [-0.1, -0.05) is 13.8 Å². The summed E-state index contributed by atoms with van der Waals surface area (Å²) in [5, 5.41) is 15.6. The second kappa shape index (κ2) is 4.90. The Morgan fingerprint density at radius 1 is 1.71 bits per heavy atom. The number of thioether (sulfide) groups is 1. The van der Waals surface area contributed by atoms with Crippen LogP contribution in [0.2, 0.25) is 0 Å². The van der Waals surface area contributed by atoms with Gasteiger partial charge in [0.05, 0.1) is 13.3 Å². The number of rotatable bonds is 4. The van der Waals surface area contributed by atoms with Crippen molar-refractivity contribution in [1.29, 1.82) is 0 Å². The Bertz CT molecular complexity index is 394. The van der Waals surface area contributed by atoms with Crippen molar-refractivity contribution in [3.63, 3.8) is 0 Å². The highest BCUT2D eigenvalue weighted by Gasteiger charge is 2.42. The Balaban J connectivity index is 2.38. The third-order valence-electron chi connectivity index (χ3n) is 3.13. The van der Waals surface area contributed by atoms with Crippen molar-refractivity contribution < 1.29 is 9.84 Å². The first kappa shape index (κ1) is 12.8. The average molecular weight is 256 g/mol. The Morgan fingerprint density at radius 2 is 2.47 bits per heavy atom. The van der Waals surface area contributed by atoms with Gasteiger partial charge in [-0.3, -0.25) is 4.68 Å². The second-order valence-corrected chi connectivity index (χ2v) is 6.07. The highest BCUT2D eigenvalue weighted by molar-refractivity contribution is 8.00. The fourth-order valence-corrected chi connectivity index (χ4v) is 3.62. The van der Waals surface area contributed by atoms with Crippen LogP contribution in [0.1, 0.15) is 32.4 Å². The molecule has 2 heterocycles. The van der Waals surface area contributed by atoms with Crippen LogP contribution < -0.4 is 4.74 Å². The minimum atomic E-state index is -0.791. The van der Waals surface area contributed by atoms with Gasteiger partial charge in [0.25, 0.3) is 0 Å². The molecule has 1 aromatic rings. The number of methoxy groups -OCH3 is 1. The highest BCUT2D eigenvalue weighted by atomic mass is 32.2. The number of aryl methyl sites for hydroxylation is 1. The monoisotopic (exact) mass is 256 g/mol. The summed E-state index contributed by atoms with van der Waals surface area (Å²) in [7, 11) is 1.63. The van der Waals surface area contributed by atoms with Crippen molar-refractivity contribution >= 4 is 11.8 Å². The summed E-state index contributed by atoms with van der Waals surface area (Å²) in [6.07, 6.45) is 3.47. The maximum Gasteiger partial charge on any atom is 0.162 e. The molecule has 0 saturated carbocycles. The normalized spacial score (nSPS) is 28.6. The Kier molecular flexibility index (Phi) is 3.68. The largest absolute Gasteiger partial charge is 0.493 e. The quantitative estimate of drug-likeness (QED) is 0.895. The molecule has 2 unspecified atom stereocenters. The van der Waals surface area contributed by atoms with Crippen molar-refractivity contribution in [2.45, 2.75) is 44.1 Å². The molecule has 96 valence electrons. The lowest BCUT2D eigenvalue weighted by Crippen LogP contribution is -2.30. The van der Waals surface area contributed by atoms with Crippen LogP contribution in [0.3, 0.4) is 0 Å². The predicted molar refractivity (Wildman–Crippen MR) is 69.5 cm³/mol. The molecule has 0 amide bonds. The molecule has 1 aromatic heterocycles. The van der Waals surface area contributed by atoms with Gasteiger partial charge >= 0.3 is 0 Å². The zero-order valence-electron chi connectivity index (χ0n) is 10.6. The molecule has 0 bridgehead atoms. The van der Waals surface area contributed by atoms with Gasteiger partial charge in [-0.15, -0.1) is 0 Å². The van der Waals surface area contributed by atoms with Crippen LogP contribution in [-0.4, -0.2) is 33.0 Å². The Labute approximate surface area is 106 Å². The minimum absolute atomic E-state index is 0.481. The molecule has 0 spiro atoms. The SMILES string of the molecule is CCCn1ncc(OC)c1C1(O)CSC(C)C1. The van der Waals surface area contributed by atoms with E-state index in [-0.39, 0.29) is 0 Å². The van der Waals surface area contributed by atoms with E-state index in [1.165, 1.54) is 0 Å². The maximum atomic E-state index is 10.8. The van der Waals surface area contributed by atoms with E-state index in [2.05, 4.69) is 18.9 Å². The number of nitrogens with zero attached hydrogens (tertiary/aromatic N) is 2. The lowest BCUT2D eigenvalue weighted by atomic mass is 9.96. The Hall–Kier alpha value is -0.680. The van der Waals surface area contributed by atoms with E-state index in [4.69, 9.17) is 4.74 Å². The number of hydrogen-bond donors (Lipinski definition) is 1. The molecule has 17 heavy (non-hydrogen) atoms. The van der Waals surface area contributed by atoms with Crippen LogP contribution in [0.5, 0.6) is 5.75 Å². The molecule has 4 nitrogen and oxygen atoms in total. The molecule has 0 aliphatic carbocycles. The summed E-state index contributed by atoms with van der Waals surface area (Å²) in [4.78, 5) is 0. The fraction of sp³-hybridized carbons (Fsp3) is 0.750. The zero-order valence-corrected chi connectivity index (χ0v) is 11.5. The van der Waals surface area contributed by atoms with Crippen molar-refractivity contribution in [2.75, 3.05) is 12.9 Å². The van der Waals surface area contributed by atoms with Gasteiger partial charge < -0.3 is 9.84 Å². The Morgan fingerprint density at radius 3 is 3.00 bits per heavy atom. The first-order valence-corrected chi connectivity index (χ1v) is 7.10. The van der Waals surface area contributed by atoms with Gasteiger partial charge in [0.2, 0.25) is 0 Å². The summed E-state index contributed by atoms with van der Waals surface area (Å²) in [6, 6.07) is 0. The van der Waals surface area contributed by atoms with E-state index in [0.717, 1.165) is 30.8 Å². The predicted octanol–water partition coefficient (Wildman–Crippen LogP) is 2.01. The lowest BCUT2D eigenvalue weighted by Gasteiger charge is -2.24. The smallest absolute Gasteiger partial charge is 0.162 e. The number of hydrogen-bond acceptors (Lipinski definition) is 4. The molecule has 2 rings (SSSR count). The molecular weight excluding hydrogens is 236 g/mol. The van der Waals surface area contributed by atoms with Gasteiger partial charge in [-0.05, 0) is 12.8 Å². The van der Waals surface area contributed by atoms with Gasteiger partial charge in [-0.2, -0.15) is 16.9 Å². The van der Waals surface area contributed by atoms with E-state index in [9.17, 15) is 5.11 Å². The molecule has 5 heteroatoms. The van der Waals surface area contributed by atoms with Crippen LogP contribution in [0, 0.1) is 0 Å². The van der Waals surface area contributed by atoms with Crippen LogP contribution in [0.4, 0.5) is 0 Å². The number of ether oxygens (including phenoxy) is 1. The van der Waals surface area contributed by atoms with Crippen molar-refractivity contribution in [3.05, 3.63) is 11.9 Å². The highest BCUT2D eigenvalue weighted by Crippen LogP contribution is 2.44. The fourth-order valence-electron chi connectivity index (χ4n) is 2.41. The van der Waals surface area contributed by atoms with Gasteiger partial charge in [-0.25, -0.2) is 0 Å². The van der Waals surface area contributed by atoms with Crippen LogP contribution in [0.15, 0.2) is 6.20 Å². The summed E-state index contributed by atoms with van der Waals surface area (Å²) >= 11 is 1.80. The first-order valence-electron chi connectivity index (χ1n) is 6.05. The van der Waals surface area contributed by atoms with Crippen LogP contribution >= 0.6 is 11.8 Å². The molecule has 0 aromatic carbocycles. The van der Waals surface area contributed by atoms with Crippen molar-refractivity contribution in [3.8, 4) is 5.75 Å². The molecule has 1 aliphatic rings. The second-order valence-electron chi connectivity index (χ2n) is 4.64. The molecule has 1 fully saturated rings. The topological polar surface area (TPSA) is 47.3 Å². The van der Waals surface area contributed by atoms with E-state index >= 15 is 0 Å². The van der Waals surface area contributed by atoms with E-state index in [1.54, 1.807) is 25.1 Å². The molecular formula is C12H20N2O2S. The standard InChI is InChI=1S/C12H20N2O2S/c1-4-5-14-11(10(16-3)7-13-14)12(15)6-9(2)17-8-12/h7,9,15H,4-6,8H2,1-3H3. The number of aliphatic hydroxyl groups is 1. The lowest BCUT2D eigenvalue weighted by molar-refractivity contribution is 0.0487. The van der Waals surface area contributed by atoms with E-state index in [1.807, 2.05) is 4.68 Å². The summed E-state index contributed by atoms with van der Waals surface area (Å²) in [5.41, 5.74) is 0.0554. The molecule has 1 aliphatic heterocycles. The third kappa shape index (κ3) is 2.31. The average Bonchev–Trinajstić information content (AvgIpc) is 2.84. The first-order chi connectivity index (χ1) is 8.10. The number of aromatic nitrogens is 2. The van der Waals surface area contributed by atoms with E-state index < -0.39 is 5.60 Å². The van der Waals surface area contributed by atoms with Gasteiger partial charge in [0.15, 0.2) is 5.75 Å². The van der Waals surface area contributed by atoms with Gasteiger partial charge in [0.1, 0.15) is 11.3 Å².